The number of anilines is 1. The van der Waals surface area contributed by atoms with Crippen molar-refractivity contribution in [3.05, 3.63) is 48.0 Å². The third-order valence-corrected chi connectivity index (χ3v) is 6.71. The predicted molar refractivity (Wildman–Crippen MR) is 132 cm³/mol. The summed E-state index contributed by atoms with van der Waals surface area (Å²) in [6.45, 7) is 7.60. The first-order chi connectivity index (χ1) is 16.2. The van der Waals surface area contributed by atoms with Crippen LogP contribution in [-0.2, 0) is 16.0 Å². The van der Waals surface area contributed by atoms with Crippen LogP contribution in [0.15, 0.2) is 42.5 Å². The maximum Gasteiger partial charge on any atom is 0.233 e. The Bertz CT molecular complexity index is 1050. The van der Waals surface area contributed by atoms with Crippen molar-refractivity contribution in [3.63, 3.8) is 0 Å². The van der Waals surface area contributed by atoms with Crippen molar-refractivity contribution in [1.29, 1.82) is 0 Å². The zero-order valence-corrected chi connectivity index (χ0v) is 20.1. The molecule has 0 aliphatic carbocycles. The van der Waals surface area contributed by atoms with E-state index < -0.39 is 0 Å². The van der Waals surface area contributed by atoms with Crippen LogP contribution >= 0.6 is 11.3 Å². The maximum atomic E-state index is 13.4. The Kier molecular flexibility index (Phi) is 8.15. The quantitative estimate of drug-likeness (QED) is 0.447. The first kappa shape index (κ1) is 23.5. The molecule has 1 saturated heterocycles. The molecule has 1 aliphatic rings. The molecule has 176 valence electrons. The summed E-state index contributed by atoms with van der Waals surface area (Å²) in [5.41, 5.74) is 1.84. The van der Waals surface area contributed by atoms with Crippen LogP contribution in [0.2, 0.25) is 0 Å². The number of hydrogen-bond acceptors (Lipinski definition) is 7. The van der Waals surface area contributed by atoms with Gasteiger partial charge in [-0.05, 0) is 49.2 Å². The van der Waals surface area contributed by atoms with E-state index in [4.69, 9.17) is 19.2 Å². The predicted octanol–water partition coefficient (Wildman–Crippen LogP) is 4.00. The van der Waals surface area contributed by atoms with Crippen molar-refractivity contribution in [2.45, 2.75) is 19.8 Å². The number of morpholine rings is 1. The van der Waals surface area contributed by atoms with E-state index in [0.717, 1.165) is 71.7 Å². The monoisotopic (exact) mass is 469 g/mol. The number of carbonyl (C=O) groups is 1. The fourth-order valence-corrected chi connectivity index (χ4v) is 4.92. The molecule has 0 atom stereocenters. The fraction of sp³-hybridized carbons (Fsp3) is 0.440. The Balaban J connectivity index is 1.50. The van der Waals surface area contributed by atoms with Crippen molar-refractivity contribution >= 4 is 32.6 Å². The molecule has 2 aromatic carbocycles. The molecule has 0 saturated carbocycles. The van der Waals surface area contributed by atoms with Crippen molar-refractivity contribution in [1.82, 2.24) is 9.88 Å². The first-order valence-corrected chi connectivity index (χ1v) is 12.2. The summed E-state index contributed by atoms with van der Waals surface area (Å²) >= 11 is 1.53. The van der Waals surface area contributed by atoms with Crippen LogP contribution < -0.4 is 14.4 Å². The van der Waals surface area contributed by atoms with Gasteiger partial charge in [-0.25, -0.2) is 4.98 Å². The SMILES string of the molecule is CCOc1ccc(CC(=O)N(CCCN2CCOCC2)c2nc3ccc(OC)cc3s2)cc1. The average molecular weight is 470 g/mol. The molecule has 0 radical (unpaired) electrons. The number of carbonyl (C=O) groups excluding carboxylic acids is 1. The van der Waals surface area contributed by atoms with Gasteiger partial charge in [0.1, 0.15) is 11.5 Å². The van der Waals surface area contributed by atoms with Crippen molar-refractivity contribution < 1.29 is 19.0 Å². The van der Waals surface area contributed by atoms with Gasteiger partial charge < -0.3 is 14.2 Å². The fourth-order valence-electron chi connectivity index (χ4n) is 3.88. The highest BCUT2D eigenvalue weighted by atomic mass is 32.1. The molecule has 33 heavy (non-hydrogen) atoms. The lowest BCUT2D eigenvalue weighted by Gasteiger charge is -2.27. The second-order valence-electron chi connectivity index (χ2n) is 7.94. The van der Waals surface area contributed by atoms with Gasteiger partial charge in [-0.2, -0.15) is 0 Å². The number of aromatic nitrogens is 1. The van der Waals surface area contributed by atoms with Gasteiger partial charge in [0.15, 0.2) is 5.13 Å². The highest BCUT2D eigenvalue weighted by Crippen LogP contribution is 2.32. The number of nitrogens with zero attached hydrogens (tertiary/aromatic N) is 3. The van der Waals surface area contributed by atoms with E-state index in [1.54, 1.807) is 7.11 Å². The average Bonchev–Trinajstić information content (AvgIpc) is 3.26. The molecule has 0 unspecified atom stereocenters. The van der Waals surface area contributed by atoms with Crippen LogP contribution in [-0.4, -0.2) is 68.9 Å². The topological polar surface area (TPSA) is 64.1 Å². The zero-order valence-electron chi connectivity index (χ0n) is 19.3. The van der Waals surface area contributed by atoms with E-state index in [2.05, 4.69) is 4.90 Å². The van der Waals surface area contributed by atoms with Gasteiger partial charge in [0.25, 0.3) is 0 Å². The van der Waals surface area contributed by atoms with Crippen LogP contribution in [0, 0.1) is 0 Å². The third kappa shape index (κ3) is 6.22. The molecular weight excluding hydrogens is 438 g/mol. The molecule has 1 aliphatic heterocycles. The van der Waals surface area contributed by atoms with E-state index >= 15 is 0 Å². The van der Waals surface area contributed by atoms with E-state index in [0.29, 0.717) is 19.6 Å². The zero-order chi connectivity index (χ0) is 23.0. The molecule has 7 nitrogen and oxygen atoms in total. The highest BCUT2D eigenvalue weighted by molar-refractivity contribution is 7.22. The number of methoxy groups -OCH3 is 1. The summed E-state index contributed by atoms with van der Waals surface area (Å²) in [5, 5.41) is 0.733. The van der Waals surface area contributed by atoms with Gasteiger partial charge in [-0.3, -0.25) is 14.6 Å². The number of ether oxygens (including phenoxy) is 3. The summed E-state index contributed by atoms with van der Waals surface area (Å²) in [7, 11) is 1.65. The Labute approximate surface area is 198 Å². The number of hydrogen-bond donors (Lipinski definition) is 0. The Morgan fingerprint density at radius 1 is 1.15 bits per heavy atom. The summed E-state index contributed by atoms with van der Waals surface area (Å²) < 4.78 is 17.3. The van der Waals surface area contributed by atoms with E-state index in [1.165, 1.54) is 11.3 Å². The smallest absolute Gasteiger partial charge is 0.233 e. The van der Waals surface area contributed by atoms with Crippen LogP contribution in [0.4, 0.5) is 5.13 Å². The molecule has 0 bridgehead atoms. The Morgan fingerprint density at radius 2 is 1.91 bits per heavy atom. The van der Waals surface area contributed by atoms with Crippen LogP contribution in [0.25, 0.3) is 10.2 Å². The van der Waals surface area contributed by atoms with Gasteiger partial charge >= 0.3 is 0 Å². The highest BCUT2D eigenvalue weighted by Gasteiger charge is 2.21. The van der Waals surface area contributed by atoms with E-state index in [9.17, 15) is 4.79 Å². The number of thiazole rings is 1. The molecule has 0 N–H and O–H groups in total. The van der Waals surface area contributed by atoms with Gasteiger partial charge in [0.2, 0.25) is 5.91 Å². The second-order valence-corrected chi connectivity index (χ2v) is 8.95. The first-order valence-electron chi connectivity index (χ1n) is 11.4. The lowest BCUT2D eigenvalue weighted by Crippen LogP contribution is -2.39. The number of amides is 1. The van der Waals surface area contributed by atoms with Crippen LogP contribution in [0.5, 0.6) is 11.5 Å². The minimum Gasteiger partial charge on any atom is -0.497 e. The van der Waals surface area contributed by atoms with Crippen molar-refractivity contribution in [3.8, 4) is 11.5 Å². The van der Waals surface area contributed by atoms with Crippen molar-refractivity contribution in [2.75, 3.05) is 58.0 Å². The number of rotatable bonds is 10. The minimum atomic E-state index is 0.0483. The third-order valence-electron chi connectivity index (χ3n) is 5.67. The molecular formula is C25H31N3O4S. The van der Waals surface area contributed by atoms with Crippen LogP contribution in [0.1, 0.15) is 18.9 Å². The molecule has 8 heteroatoms. The molecule has 1 amide bonds. The second kappa shape index (κ2) is 11.4. The lowest BCUT2D eigenvalue weighted by atomic mass is 10.1. The Hall–Kier alpha value is -2.68. The Morgan fingerprint density at radius 3 is 2.64 bits per heavy atom. The summed E-state index contributed by atoms with van der Waals surface area (Å²) in [4.78, 5) is 22.4. The molecule has 1 fully saturated rings. The largest absolute Gasteiger partial charge is 0.497 e. The van der Waals surface area contributed by atoms with Gasteiger partial charge in [-0.15, -0.1) is 0 Å². The summed E-state index contributed by atoms with van der Waals surface area (Å²) in [6.07, 6.45) is 1.21. The van der Waals surface area contributed by atoms with Gasteiger partial charge in [-0.1, -0.05) is 23.5 Å². The number of benzene rings is 2. The standard InChI is InChI=1S/C25H31N3O4S/c1-3-32-20-7-5-19(6-8-20)17-24(29)28(12-4-11-27-13-15-31-16-14-27)25-26-22-10-9-21(30-2)18-23(22)33-25/h5-10,18H,3-4,11-17H2,1-2H3. The molecule has 1 aromatic heterocycles. The maximum absolute atomic E-state index is 13.4. The van der Waals surface area contributed by atoms with Gasteiger partial charge in [0.05, 0.1) is 43.6 Å². The normalized spacial score (nSPS) is 14.4. The molecule has 3 aromatic rings. The molecule has 2 heterocycles. The van der Waals surface area contributed by atoms with E-state index in [1.807, 2.05) is 54.3 Å². The lowest BCUT2D eigenvalue weighted by molar-refractivity contribution is -0.118. The van der Waals surface area contributed by atoms with Crippen LogP contribution in [0.3, 0.4) is 0 Å². The summed E-state index contributed by atoms with van der Waals surface area (Å²) in [6, 6.07) is 13.6. The number of fused-ring (bicyclic) bond motifs is 1. The molecule has 4 rings (SSSR count). The van der Waals surface area contributed by atoms with Gasteiger partial charge in [0, 0.05) is 26.2 Å². The van der Waals surface area contributed by atoms with E-state index in [-0.39, 0.29) is 5.91 Å². The summed E-state index contributed by atoms with van der Waals surface area (Å²) in [5.74, 6) is 1.65. The minimum absolute atomic E-state index is 0.0483. The van der Waals surface area contributed by atoms with Crippen molar-refractivity contribution in [2.24, 2.45) is 0 Å². The molecule has 0 spiro atoms.